The number of likely N-dealkylation sites (N-methyl/N-ethyl adjacent to an activating group) is 1. The Hall–Kier alpha value is -0.0800. The van der Waals surface area contributed by atoms with Crippen LogP contribution in [0.1, 0.15) is 54.4 Å². The lowest BCUT2D eigenvalue weighted by Crippen LogP contribution is -2.32. The minimum Gasteiger partial charge on any atom is -0.315 e. The molecule has 0 aliphatic carbocycles. The van der Waals surface area contributed by atoms with Gasteiger partial charge in [-0.2, -0.15) is 0 Å². The molecule has 0 radical (unpaired) electrons. The highest BCUT2D eigenvalue weighted by Crippen LogP contribution is 2.25. The normalized spacial score (nSPS) is 14.5. The van der Waals surface area contributed by atoms with Crippen LogP contribution in [-0.2, 0) is 0 Å². The first-order chi connectivity index (χ1) is 8.20. The monoisotopic (exact) mass is 256 g/mol. The van der Waals surface area contributed by atoms with Crippen molar-refractivity contribution in [1.29, 1.82) is 0 Å². The topological polar surface area (TPSA) is 15.3 Å². The van der Waals surface area contributed by atoms with Crippen molar-refractivity contribution in [3.8, 4) is 0 Å². The third kappa shape index (κ3) is 12.4. The van der Waals surface area contributed by atoms with Crippen molar-refractivity contribution in [3.05, 3.63) is 0 Å². The number of hydrogen-bond donors (Lipinski definition) is 1. The van der Waals surface area contributed by atoms with Gasteiger partial charge in [0.2, 0.25) is 0 Å². The lowest BCUT2D eigenvalue weighted by molar-refractivity contribution is 0.255. The largest absolute Gasteiger partial charge is 0.315 e. The summed E-state index contributed by atoms with van der Waals surface area (Å²) in [6, 6.07) is 0. The molecule has 0 fully saturated rings. The first kappa shape index (κ1) is 17.9. The Kier molecular flexibility index (Phi) is 8.89. The van der Waals surface area contributed by atoms with Gasteiger partial charge in [0.15, 0.2) is 0 Å². The van der Waals surface area contributed by atoms with E-state index in [-0.39, 0.29) is 0 Å². The van der Waals surface area contributed by atoms with E-state index in [4.69, 9.17) is 0 Å². The van der Waals surface area contributed by atoms with E-state index in [1.807, 2.05) is 0 Å². The van der Waals surface area contributed by atoms with Gasteiger partial charge in [0, 0.05) is 13.1 Å². The molecule has 2 heteroatoms. The first-order valence-electron chi connectivity index (χ1n) is 7.60. The lowest BCUT2D eigenvalue weighted by atomic mass is 9.84. The van der Waals surface area contributed by atoms with Crippen LogP contribution < -0.4 is 5.32 Å². The zero-order valence-electron chi connectivity index (χ0n) is 13.8. The van der Waals surface area contributed by atoms with Crippen LogP contribution in [0.4, 0.5) is 0 Å². The molecule has 0 heterocycles. The van der Waals surface area contributed by atoms with Crippen molar-refractivity contribution in [1.82, 2.24) is 10.2 Å². The molecule has 0 bridgehead atoms. The van der Waals surface area contributed by atoms with E-state index in [9.17, 15) is 0 Å². The predicted octanol–water partition coefficient (Wildman–Crippen LogP) is 3.63. The molecule has 0 spiro atoms. The van der Waals surface area contributed by atoms with Crippen molar-refractivity contribution >= 4 is 0 Å². The second kappa shape index (κ2) is 8.92. The fraction of sp³-hybridized carbons (Fsp3) is 1.00. The quantitative estimate of drug-likeness (QED) is 0.634. The zero-order valence-corrected chi connectivity index (χ0v) is 13.8. The summed E-state index contributed by atoms with van der Waals surface area (Å²) in [7, 11) is 2.24. The molecule has 18 heavy (non-hydrogen) atoms. The molecule has 0 aromatic rings. The minimum atomic E-state index is 0.469. The van der Waals surface area contributed by atoms with Crippen LogP contribution in [0, 0.1) is 17.3 Å². The van der Waals surface area contributed by atoms with E-state index in [2.05, 4.69) is 58.8 Å². The Morgan fingerprint density at radius 1 is 1.06 bits per heavy atom. The van der Waals surface area contributed by atoms with E-state index < -0.39 is 0 Å². The first-order valence-corrected chi connectivity index (χ1v) is 7.60. The van der Waals surface area contributed by atoms with Crippen LogP contribution in [0.2, 0.25) is 0 Å². The summed E-state index contributed by atoms with van der Waals surface area (Å²) in [5, 5.41) is 3.50. The van der Waals surface area contributed by atoms with Gasteiger partial charge in [0.05, 0.1) is 0 Å². The highest BCUT2D eigenvalue weighted by Gasteiger charge is 2.15. The van der Waals surface area contributed by atoms with Crippen molar-refractivity contribution in [3.63, 3.8) is 0 Å². The molecule has 0 amide bonds. The van der Waals surface area contributed by atoms with Gasteiger partial charge in [-0.25, -0.2) is 0 Å². The van der Waals surface area contributed by atoms with Gasteiger partial charge in [-0.15, -0.1) is 0 Å². The summed E-state index contributed by atoms with van der Waals surface area (Å²) >= 11 is 0. The SMILES string of the molecule is CC(C)CNCCN(C)CCC(C)CC(C)(C)C. The second-order valence-electron chi connectivity index (χ2n) is 7.56. The van der Waals surface area contributed by atoms with Gasteiger partial charge in [0.25, 0.3) is 0 Å². The van der Waals surface area contributed by atoms with E-state index in [1.165, 1.54) is 19.4 Å². The number of nitrogens with one attached hydrogen (secondary N) is 1. The van der Waals surface area contributed by atoms with E-state index >= 15 is 0 Å². The number of nitrogens with zero attached hydrogens (tertiary/aromatic N) is 1. The average molecular weight is 256 g/mol. The Morgan fingerprint density at radius 3 is 2.17 bits per heavy atom. The summed E-state index contributed by atoms with van der Waals surface area (Å²) in [6.45, 7) is 18.5. The second-order valence-corrected chi connectivity index (χ2v) is 7.56. The molecule has 110 valence electrons. The lowest BCUT2D eigenvalue weighted by Gasteiger charge is -2.25. The fourth-order valence-corrected chi connectivity index (χ4v) is 2.36. The van der Waals surface area contributed by atoms with Crippen LogP contribution >= 0.6 is 0 Å². The third-order valence-electron chi connectivity index (χ3n) is 3.19. The summed E-state index contributed by atoms with van der Waals surface area (Å²) in [4.78, 5) is 2.45. The zero-order chi connectivity index (χ0) is 14.2. The molecule has 0 aliphatic rings. The van der Waals surface area contributed by atoms with Crippen LogP contribution in [0.3, 0.4) is 0 Å². The van der Waals surface area contributed by atoms with Crippen molar-refractivity contribution < 1.29 is 0 Å². The molecule has 0 aromatic heterocycles. The summed E-state index contributed by atoms with van der Waals surface area (Å²) in [5.74, 6) is 1.58. The molecule has 1 atom stereocenters. The molecule has 1 N–H and O–H groups in total. The van der Waals surface area contributed by atoms with E-state index in [1.54, 1.807) is 0 Å². The van der Waals surface area contributed by atoms with Gasteiger partial charge in [-0.1, -0.05) is 41.5 Å². The molecule has 0 rings (SSSR count). The summed E-state index contributed by atoms with van der Waals surface area (Å²) in [6.07, 6.45) is 2.64. The fourth-order valence-electron chi connectivity index (χ4n) is 2.36. The minimum absolute atomic E-state index is 0.469. The predicted molar refractivity (Wildman–Crippen MR) is 83.1 cm³/mol. The van der Waals surface area contributed by atoms with Crippen molar-refractivity contribution in [2.45, 2.75) is 54.4 Å². The van der Waals surface area contributed by atoms with E-state index in [0.29, 0.717) is 5.41 Å². The van der Waals surface area contributed by atoms with Crippen molar-refractivity contribution in [2.75, 3.05) is 33.2 Å². The van der Waals surface area contributed by atoms with Crippen LogP contribution in [0.5, 0.6) is 0 Å². The Bertz CT molecular complexity index is 194. The standard InChI is InChI=1S/C16H36N2/c1-14(2)13-17-9-11-18(7)10-8-15(3)12-16(4,5)6/h14-15,17H,8-13H2,1-7H3. The van der Waals surface area contributed by atoms with E-state index in [0.717, 1.165) is 31.5 Å². The molecule has 1 unspecified atom stereocenters. The van der Waals surface area contributed by atoms with Gasteiger partial charge in [0.1, 0.15) is 0 Å². The number of hydrogen-bond acceptors (Lipinski definition) is 2. The number of rotatable bonds is 9. The Morgan fingerprint density at radius 2 is 1.67 bits per heavy atom. The van der Waals surface area contributed by atoms with Crippen LogP contribution in [-0.4, -0.2) is 38.1 Å². The average Bonchev–Trinajstić information content (AvgIpc) is 2.19. The van der Waals surface area contributed by atoms with Gasteiger partial charge in [-0.05, 0) is 50.2 Å². The molecule has 0 saturated heterocycles. The maximum atomic E-state index is 3.50. The smallest absolute Gasteiger partial charge is 0.0104 e. The molecule has 2 nitrogen and oxygen atoms in total. The van der Waals surface area contributed by atoms with Crippen molar-refractivity contribution in [2.24, 2.45) is 17.3 Å². The van der Waals surface area contributed by atoms with Crippen LogP contribution in [0.25, 0.3) is 0 Å². The van der Waals surface area contributed by atoms with Gasteiger partial charge >= 0.3 is 0 Å². The maximum absolute atomic E-state index is 3.50. The molecular weight excluding hydrogens is 220 g/mol. The van der Waals surface area contributed by atoms with Gasteiger partial charge < -0.3 is 10.2 Å². The Balaban J connectivity index is 3.55. The van der Waals surface area contributed by atoms with Crippen LogP contribution in [0.15, 0.2) is 0 Å². The van der Waals surface area contributed by atoms with Gasteiger partial charge in [-0.3, -0.25) is 0 Å². The highest BCUT2D eigenvalue weighted by atomic mass is 15.1. The molecular formula is C16H36N2. The molecule has 0 aliphatic heterocycles. The highest BCUT2D eigenvalue weighted by molar-refractivity contribution is 4.67. The summed E-state index contributed by atoms with van der Waals surface area (Å²) < 4.78 is 0. The molecule has 0 aromatic carbocycles. The Labute approximate surface area is 116 Å². The third-order valence-corrected chi connectivity index (χ3v) is 3.19. The molecule has 0 saturated carbocycles. The maximum Gasteiger partial charge on any atom is 0.0104 e. The summed E-state index contributed by atoms with van der Waals surface area (Å²) in [5.41, 5.74) is 0.469.